The fourth-order valence-electron chi connectivity index (χ4n) is 1.28. The molecule has 2 heterocycles. The predicted molar refractivity (Wildman–Crippen MR) is 57.3 cm³/mol. The lowest BCUT2D eigenvalue weighted by atomic mass is 10.2. The van der Waals surface area contributed by atoms with E-state index in [0.29, 0.717) is 16.0 Å². The molecule has 76 valence electrons. The quantitative estimate of drug-likeness (QED) is 0.753. The third kappa shape index (κ3) is 2.24. The van der Waals surface area contributed by atoms with E-state index in [1.807, 2.05) is 6.92 Å². The Bertz CT molecular complexity index is 550. The summed E-state index contributed by atoms with van der Waals surface area (Å²) < 4.78 is 13.3. The van der Waals surface area contributed by atoms with Crippen molar-refractivity contribution in [3.63, 3.8) is 0 Å². The molecule has 0 aliphatic heterocycles. The minimum atomic E-state index is -0.384. The summed E-state index contributed by atoms with van der Waals surface area (Å²) >= 11 is 4.94. The molecular formula is C10H8FN3S. The third-order valence-corrected chi connectivity index (χ3v) is 2.07. The fraction of sp³-hybridized carbons (Fsp3) is 0.100. The largest absolute Gasteiger partial charge is 0.335 e. The van der Waals surface area contributed by atoms with Crippen molar-refractivity contribution in [1.82, 2.24) is 15.0 Å². The van der Waals surface area contributed by atoms with Gasteiger partial charge in [0.2, 0.25) is 0 Å². The molecule has 5 heteroatoms. The maximum absolute atomic E-state index is 12.9. The lowest BCUT2D eigenvalue weighted by molar-refractivity contribution is 0.622. The lowest BCUT2D eigenvalue weighted by Crippen LogP contribution is -1.91. The minimum Gasteiger partial charge on any atom is -0.335 e. The van der Waals surface area contributed by atoms with E-state index < -0.39 is 0 Å². The van der Waals surface area contributed by atoms with Gasteiger partial charge < -0.3 is 4.98 Å². The maximum Gasteiger partial charge on any atom is 0.197 e. The molecule has 0 saturated heterocycles. The van der Waals surface area contributed by atoms with Gasteiger partial charge in [0.25, 0.3) is 0 Å². The van der Waals surface area contributed by atoms with Crippen LogP contribution in [-0.2, 0) is 0 Å². The molecule has 15 heavy (non-hydrogen) atoms. The number of hydrogen-bond donors (Lipinski definition) is 1. The molecule has 0 saturated carbocycles. The molecule has 0 fully saturated rings. The Morgan fingerprint density at radius 3 is 2.80 bits per heavy atom. The minimum absolute atomic E-state index is 0.384. The van der Waals surface area contributed by atoms with Crippen LogP contribution in [0, 0.1) is 17.5 Å². The molecule has 0 unspecified atom stereocenters. The van der Waals surface area contributed by atoms with Crippen LogP contribution in [-0.4, -0.2) is 15.0 Å². The van der Waals surface area contributed by atoms with Gasteiger partial charge in [-0.15, -0.1) is 0 Å². The zero-order valence-corrected chi connectivity index (χ0v) is 8.81. The van der Waals surface area contributed by atoms with E-state index in [1.54, 1.807) is 12.3 Å². The molecular weight excluding hydrogens is 213 g/mol. The summed E-state index contributed by atoms with van der Waals surface area (Å²) in [5.41, 5.74) is 2.13. The number of pyridine rings is 1. The highest BCUT2D eigenvalue weighted by atomic mass is 32.1. The van der Waals surface area contributed by atoms with Crippen molar-refractivity contribution in [3.8, 4) is 11.3 Å². The molecule has 0 aliphatic rings. The first-order valence-corrected chi connectivity index (χ1v) is 4.75. The average molecular weight is 221 g/mol. The van der Waals surface area contributed by atoms with Gasteiger partial charge in [-0.2, -0.15) is 0 Å². The smallest absolute Gasteiger partial charge is 0.197 e. The van der Waals surface area contributed by atoms with E-state index in [4.69, 9.17) is 12.2 Å². The Balaban J connectivity index is 2.59. The number of rotatable bonds is 1. The number of aryl methyl sites for hydroxylation is 1. The van der Waals surface area contributed by atoms with Crippen LogP contribution in [0.1, 0.15) is 5.69 Å². The highest BCUT2D eigenvalue weighted by Crippen LogP contribution is 2.16. The van der Waals surface area contributed by atoms with Gasteiger partial charge in [-0.3, -0.25) is 4.98 Å². The molecule has 0 aliphatic carbocycles. The first kappa shape index (κ1) is 9.92. The van der Waals surface area contributed by atoms with Gasteiger partial charge in [-0.05, 0) is 31.3 Å². The number of nitrogens with one attached hydrogen (secondary N) is 1. The van der Waals surface area contributed by atoms with E-state index in [1.165, 1.54) is 6.07 Å². The van der Waals surface area contributed by atoms with Gasteiger partial charge in [0.1, 0.15) is 5.82 Å². The zero-order chi connectivity index (χ0) is 10.8. The number of halogens is 1. The maximum atomic E-state index is 12.9. The van der Waals surface area contributed by atoms with Crippen molar-refractivity contribution in [3.05, 3.63) is 40.8 Å². The Hall–Kier alpha value is -1.62. The normalized spacial score (nSPS) is 10.3. The van der Waals surface area contributed by atoms with E-state index in [-0.39, 0.29) is 5.82 Å². The summed E-state index contributed by atoms with van der Waals surface area (Å²) in [7, 11) is 0. The van der Waals surface area contributed by atoms with Gasteiger partial charge in [0.15, 0.2) is 4.77 Å². The molecule has 3 nitrogen and oxygen atoms in total. The number of aromatic amines is 1. The van der Waals surface area contributed by atoms with Crippen molar-refractivity contribution >= 4 is 12.2 Å². The van der Waals surface area contributed by atoms with Gasteiger partial charge >= 0.3 is 0 Å². The van der Waals surface area contributed by atoms with E-state index in [2.05, 4.69) is 15.0 Å². The Labute approximate surface area is 91.0 Å². The van der Waals surface area contributed by atoms with Crippen molar-refractivity contribution in [1.29, 1.82) is 0 Å². The highest BCUT2D eigenvalue weighted by Gasteiger charge is 2.02. The molecule has 0 amide bonds. The Kier molecular flexibility index (Phi) is 2.55. The van der Waals surface area contributed by atoms with Gasteiger partial charge in [0, 0.05) is 17.5 Å². The summed E-state index contributed by atoms with van der Waals surface area (Å²) in [5.74, 6) is -0.384. The first-order chi connectivity index (χ1) is 7.15. The lowest BCUT2D eigenvalue weighted by Gasteiger charge is -2.01. The van der Waals surface area contributed by atoms with Gasteiger partial charge in [0.05, 0.1) is 11.9 Å². The van der Waals surface area contributed by atoms with Crippen LogP contribution in [0.3, 0.4) is 0 Å². The summed E-state index contributed by atoms with van der Waals surface area (Å²) in [6, 6.07) is 3.18. The highest BCUT2D eigenvalue weighted by molar-refractivity contribution is 7.71. The number of nitrogens with zero attached hydrogens (tertiary/aromatic N) is 2. The third-order valence-electron chi connectivity index (χ3n) is 1.88. The Morgan fingerprint density at radius 2 is 2.13 bits per heavy atom. The van der Waals surface area contributed by atoms with Crippen LogP contribution in [0.4, 0.5) is 4.39 Å². The van der Waals surface area contributed by atoms with Gasteiger partial charge in [-0.25, -0.2) is 9.37 Å². The fourth-order valence-corrected chi connectivity index (χ4v) is 1.54. The zero-order valence-electron chi connectivity index (χ0n) is 7.99. The standard InChI is InChI=1S/C10H8FN3S/c1-6-2-9(14-10(15)13-6)7-3-8(11)5-12-4-7/h2-5H,1H3,(H,13,14,15). The van der Waals surface area contributed by atoms with Crippen LogP contribution in [0.25, 0.3) is 11.3 Å². The number of H-pyrrole nitrogens is 1. The first-order valence-electron chi connectivity index (χ1n) is 4.34. The monoisotopic (exact) mass is 221 g/mol. The molecule has 1 N–H and O–H groups in total. The van der Waals surface area contributed by atoms with E-state index in [0.717, 1.165) is 11.9 Å². The second-order valence-corrected chi connectivity index (χ2v) is 3.53. The second kappa shape index (κ2) is 3.86. The van der Waals surface area contributed by atoms with Crippen LogP contribution < -0.4 is 0 Å². The Morgan fingerprint density at radius 1 is 1.33 bits per heavy atom. The molecule has 2 rings (SSSR count). The average Bonchev–Trinajstić information content (AvgIpc) is 2.16. The summed E-state index contributed by atoms with van der Waals surface area (Å²) in [4.78, 5) is 10.7. The van der Waals surface area contributed by atoms with Crippen molar-refractivity contribution in [2.24, 2.45) is 0 Å². The molecule has 0 radical (unpaired) electrons. The molecule has 2 aromatic rings. The molecule has 0 atom stereocenters. The second-order valence-electron chi connectivity index (χ2n) is 3.15. The van der Waals surface area contributed by atoms with Crippen LogP contribution >= 0.6 is 12.2 Å². The predicted octanol–water partition coefficient (Wildman–Crippen LogP) is 2.65. The van der Waals surface area contributed by atoms with E-state index >= 15 is 0 Å². The van der Waals surface area contributed by atoms with Crippen LogP contribution in [0.15, 0.2) is 24.5 Å². The number of aromatic nitrogens is 3. The van der Waals surface area contributed by atoms with Gasteiger partial charge in [-0.1, -0.05) is 0 Å². The number of hydrogen-bond acceptors (Lipinski definition) is 3. The van der Waals surface area contributed by atoms with Crippen molar-refractivity contribution < 1.29 is 4.39 Å². The van der Waals surface area contributed by atoms with Crippen LogP contribution in [0.5, 0.6) is 0 Å². The summed E-state index contributed by atoms with van der Waals surface area (Å²) in [6.07, 6.45) is 2.71. The summed E-state index contributed by atoms with van der Waals surface area (Å²) in [6.45, 7) is 1.87. The molecule has 0 aromatic carbocycles. The molecule has 2 aromatic heterocycles. The van der Waals surface area contributed by atoms with Crippen LogP contribution in [0.2, 0.25) is 0 Å². The topological polar surface area (TPSA) is 41.6 Å². The summed E-state index contributed by atoms with van der Waals surface area (Å²) in [5, 5.41) is 0. The van der Waals surface area contributed by atoms with Crippen molar-refractivity contribution in [2.75, 3.05) is 0 Å². The van der Waals surface area contributed by atoms with E-state index in [9.17, 15) is 4.39 Å². The molecule has 0 spiro atoms. The SMILES string of the molecule is Cc1cc(-c2cncc(F)c2)nc(=S)[nH]1. The molecule has 0 bridgehead atoms. The van der Waals surface area contributed by atoms with Crippen molar-refractivity contribution in [2.45, 2.75) is 6.92 Å².